The molecular formula is C25H26F2N6O3. The number of methoxy groups -OCH3 is 1. The van der Waals surface area contributed by atoms with Crippen LogP contribution >= 0.6 is 0 Å². The number of carbonyl (C=O) groups is 1. The number of ether oxygens (including phenoxy) is 2. The van der Waals surface area contributed by atoms with E-state index in [2.05, 4.69) is 15.1 Å². The molecule has 36 heavy (non-hydrogen) atoms. The molecule has 0 atom stereocenters. The van der Waals surface area contributed by atoms with Crippen LogP contribution < -0.4 is 20.9 Å². The Morgan fingerprint density at radius 2 is 1.94 bits per heavy atom. The number of amides is 1. The Labute approximate surface area is 206 Å². The van der Waals surface area contributed by atoms with E-state index < -0.39 is 17.5 Å². The third kappa shape index (κ3) is 4.39. The summed E-state index contributed by atoms with van der Waals surface area (Å²) in [5.74, 6) is -1.08. The van der Waals surface area contributed by atoms with Gasteiger partial charge in [-0.1, -0.05) is 13.8 Å². The maximum Gasteiger partial charge on any atom is 0.252 e. The van der Waals surface area contributed by atoms with Gasteiger partial charge in [0.1, 0.15) is 46.5 Å². The van der Waals surface area contributed by atoms with Gasteiger partial charge in [0.15, 0.2) is 5.82 Å². The molecule has 0 radical (unpaired) electrons. The molecule has 9 nitrogen and oxygen atoms in total. The molecule has 0 aliphatic carbocycles. The Balaban J connectivity index is 1.90. The molecule has 1 amide bonds. The first-order valence-corrected chi connectivity index (χ1v) is 11.3. The molecule has 0 aliphatic heterocycles. The molecule has 11 heteroatoms. The maximum atomic E-state index is 15.8. The van der Waals surface area contributed by atoms with Crippen LogP contribution in [0.15, 0.2) is 30.6 Å². The van der Waals surface area contributed by atoms with Crippen molar-refractivity contribution < 1.29 is 23.0 Å². The summed E-state index contributed by atoms with van der Waals surface area (Å²) in [5.41, 5.74) is 12.9. The normalized spacial score (nSPS) is 11.3. The van der Waals surface area contributed by atoms with Crippen molar-refractivity contribution >= 4 is 17.2 Å². The molecule has 0 saturated heterocycles. The number of nitrogens with zero attached hydrogens (tertiary/aromatic N) is 4. The Morgan fingerprint density at radius 1 is 1.19 bits per heavy atom. The second-order valence-corrected chi connectivity index (χ2v) is 8.45. The molecule has 4 aromatic rings. The van der Waals surface area contributed by atoms with E-state index >= 15 is 4.39 Å². The molecule has 0 spiro atoms. The first kappa shape index (κ1) is 24.8. The van der Waals surface area contributed by atoms with Gasteiger partial charge in [-0.2, -0.15) is 5.10 Å². The van der Waals surface area contributed by atoms with E-state index in [-0.39, 0.29) is 53.1 Å². The lowest BCUT2D eigenvalue weighted by atomic mass is 9.98. The number of hydrogen-bond acceptors (Lipinski definition) is 7. The minimum Gasteiger partial charge on any atom is -0.496 e. The summed E-state index contributed by atoms with van der Waals surface area (Å²) in [7, 11) is 1.35. The third-order valence-corrected chi connectivity index (χ3v) is 5.65. The van der Waals surface area contributed by atoms with Crippen LogP contribution in [0, 0.1) is 11.6 Å². The van der Waals surface area contributed by atoms with Crippen molar-refractivity contribution in [3.05, 3.63) is 64.7 Å². The van der Waals surface area contributed by atoms with Crippen molar-refractivity contribution in [3.8, 4) is 22.8 Å². The smallest absolute Gasteiger partial charge is 0.252 e. The highest BCUT2D eigenvalue weighted by atomic mass is 19.1. The van der Waals surface area contributed by atoms with Gasteiger partial charge in [-0.3, -0.25) is 4.79 Å². The topological polar surface area (TPSA) is 131 Å². The average molecular weight is 497 g/mol. The van der Waals surface area contributed by atoms with Crippen molar-refractivity contribution in [1.29, 1.82) is 0 Å². The zero-order valence-corrected chi connectivity index (χ0v) is 20.3. The van der Waals surface area contributed by atoms with Gasteiger partial charge >= 0.3 is 0 Å². The van der Waals surface area contributed by atoms with E-state index in [9.17, 15) is 9.18 Å². The summed E-state index contributed by atoms with van der Waals surface area (Å²) in [6.07, 6.45) is 1.36. The number of hydrogen-bond donors (Lipinski definition) is 2. The van der Waals surface area contributed by atoms with Crippen molar-refractivity contribution in [2.75, 3.05) is 19.5 Å². The maximum absolute atomic E-state index is 15.8. The molecule has 4 N–H and O–H groups in total. The number of nitrogen functional groups attached to an aromatic ring is 1. The van der Waals surface area contributed by atoms with Crippen LogP contribution in [0.2, 0.25) is 0 Å². The minimum absolute atomic E-state index is 0.0293. The van der Waals surface area contributed by atoms with Crippen LogP contribution in [0.1, 0.15) is 54.0 Å². The van der Waals surface area contributed by atoms with Gasteiger partial charge in [0.25, 0.3) is 5.91 Å². The van der Waals surface area contributed by atoms with Crippen LogP contribution in [0.25, 0.3) is 16.8 Å². The summed E-state index contributed by atoms with van der Waals surface area (Å²) in [5, 5.41) is 4.25. The fourth-order valence-electron chi connectivity index (χ4n) is 4.19. The number of imidazole rings is 1. The predicted molar refractivity (Wildman–Crippen MR) is 130 cm³/mol. The quantitative estimate of drug-likeness (QED) is 0.379. The Bertz CT molecular complexity index is 1470. The molecule has 2 aromatic carbocycles. The van der Waals surface area contributed by atoms with Crippen molar-refractivity contribution in [3.63, 3.8) is 0 Å². The van der Waals surface area contributed by atoms with Crippen LogP contribution in [-0.4, -0.2) is 39.2 Å². The number of aromatic nitrogens is 4. The number of rotatable bonds is 8. The number of anilines is 1. The average Bonchev–Trinajstić information content (AvgIpc) is 3.19. The highest BCUT2D eigenvalue weighted by molar-refractivity contribution is 5.96. The molecule has 4 rings (SSSR count). The summed E-state index contributed by atoms with van der Waals surface area (Å²) < 4.78 is 42.7. The third-order valence-electron chi connectivity index (χ3n) is 5.65. The summed E-state index contributed by atoms with van der Waals surface area (Å²) in [4.78, 5) is 20.5. The molecule has 0 fully saturated rings. The first-order valence-electron chi connectivity index (χ1n) is 11.3. The lowest BCUT2D eigenvalue weighted by Crippen LogP contribution is -2.14. The standard InChI is InChI=1S/C25H26F2N6O3/c1-5-36-18-8-13(6-14-9-15(26)10-16(24(29)34)22(14)35-4)7-17(27)19(18)20-21-23(28)30-11-31-33(21)25(32-20)12(2)3/h7-12H,5-6H2,1-4H3,(H2,29,34)(H2,28,30,31). The van der Waals surface area contributed by atoms with E-state index in [1.54, 1.807) is 17.5 Å². The molecule has 0 saturated carbocycles. The molecule has 2 aromatic heterocycles. The van der Waals surface area contributed by atoms with Crippen molar-refractivity contribution in [2.24, 2.45) is 5.73 Å². The van der Waals surface area contributed by atoms with E-state index in [1.165, 1.54) is 25.6 Å². The second-order valence-electron chi connectivity index (χ2n) is 8.45. The van der Waals surface area contributed by atoms with Gasteiger partial charge in [0, 0.05) is 17.9 Å². The van der Waals surface area contributed by atoms with Gasteiger partial charge in [-0.15, -0.1) is 0 Å². The summed E-state index contributed by atoms with van der Waals surface area (Å²) in [6.45, 7) is 5.89. The Kier molecular flexibility index (Phi) is 6.73. The number of primary amides is 1. The van der Waals surface area contributed by atoms with Crippen molar-refractivity contribution in [2.45, 2.75) is 33.1 Å². The van der Waals surface area contributed by atoms with Gasteiger partial charge in [0.05, 0.1) is 24.8 Å². The fraction of sp³-hybridized carbons (Fsp3) is 0.280. The number of halogens is 2. The van der Waals surface area contributed by atoms with E-state index in [4.69, 9.17) is 20.9 Å². The van der Waals surface area contributed by atoms with Crippen LogP contribution in [0.5, 0.6) is 11.5 Å². The number of fused-ring (bicyclic) bond motifs is 1. The lowest BCUT2D eigenvalue weighted by molar-refractivity contribution is 0.0996. The highest BCUT2D eigenvalue weighted by Gasteiger charge is 2.25. The van der Waals surface area contributed by atoms with E-state index in [1.807, 2.05) is 13.8 Å². The SMILES string of the molecule is CCOc1cc(Cc2cc(F)cc(C(N)=O)c2OC)cc(F)c1-c1nc(C(C)C)n2ncnc(N)c12. The fourth-order valence-corrected chi connectivity index (χ4v) is 4.19. The van der Waals surface area contributed by atoms with Crippen LogP contribution in [-0.2, 0) is 6.42 Å². The molecular weight excluding hydrogens is 470 g/mol. The van der Waals surface area contributed by atoms with E-state index in [0.29, 0.717) is 22.5 Å². The second kappa shape index (κ2) is 9.76. The Hall–Kier alpha value is -4.28. The number of carbonyl (C=O) groups excluding carboxylic acids is 1. The zero-order valence-electron chi connectivity index (χ0n) is 20.3. The van der Waals surface area contributed by atoms with Gasteiger partial charge < -0.3 is 20.9 Å². The molecule has 0 unspecified atom stereocenters. The lowest BCUT2D eigenvalue weighted by Gasteiger charge is -2.15. The highest BCUT2D eigenvalue weighted by Crippen LogP contribution is 2.39. The Morgan fingerprint density at radius 3 is 2.58 bits per heavy atom. The van der Waals surface area contributed by atoms with Crippen LogP contribution in [0.4, 0.5) is 14.6 Å². The van der Waals surface area contributed by atoms with Crippen LogP contribution in [0.3, 0.4) is 0 Å². The number of benzene rings is 2. The minimum atomic E-state index is -0.837. The van der Waals surface area contributed by atoms with E-state index in [0.717, 1.165) is 6.07 Å². The van der Waals surface area contributed by atoms with Gasteiger partial charge in [-0.25, -0.2) is 23.3 Å². The molecule has 2 heterocycles. The van der Waals surface area contributed by atoms with Gasteiger partial charge in [-0.05, 0) is 36.8 Å². The predicted octanol–water partition coefficient (Wildman–Crippen LogP) is 3.87. The zero-order chi connectivity index (χ0) is 26.1. The van der Waals surface area contributed by atoms with Gasteiger partial charge in [0.2, 0.25) is 0 Å². The molecule has 0 aliphatic rings. The van der Waals surface area contributed by atoms with Crippen molar-refractivity contribution in [1.82, 2.24) is 19.6 Å². The molecule has 188 valence electrons. The monoisotopic (exact) mass is 496 g/mol. The number of nitrogens with two attached hydrogens (primary N) is 2. The summed E-state index contributed by atoms with van der Waals surface area (Å²) in [6, 6.07) is 5.15. The first-order chi connectivity index (χ1) is 17.2. The summed E-state index contributed by atoms with van der Waals surface area (Å²) >= 11 is 0. The largest absolute Gasteiger partial charge is 0.496 e. The molecule has 0 bridgehead atoms.